The standard InChI is InChI=1S/C12H11N5O5/c1-22-11(19)8-2-4-9(5-3-8)14-10(18)6-16-7-13-12(15-16)17(20)21/h2-5,7H,6H2,1H3,(H,14,18). The summed E-state index contributed by atoms with van der Waals surface area (Å²) in [6.07, 6.45) is 1.10. The molecule has 0 radical (unpaired) electrons. The molecule has 0 saturated carbocycles. The number of anilines is 1. The zero-order chi connectivity index (χ0) is 16.1. The lowest BCUT2D eigenvalue weighted by Gasteiger charge is -2.05. The third-order valence-corrected chi connectivity index (χ3v) is 2.58. The van der Waals surface area contributed by atoms with Crippen molar-refractivity contribution in [3.63, 3.8) is 0 Å². The lowest BCUT2D eigenvalue weighted by atomic mass is 10.2. The van der Waals surface area contributed by atoms with Crippen LogP contribution < -0.4 is 5.32 Å². The minimum Gasteiger partial charge on any atom is -0.465 e. The highest BCUT2D eigenvalue weighted by Gasteiger charge is 2.15. The van der Waals surface area contributed by atoms with Gasteiger partial charge in [0.15, 0.2) is 0 Å². The van der Waals surface area contributed by atoms with Gasteiger partial charge in [0, 0.05) is 10.8 Å². The molecule has 2 aromatic rings. The van der Waals surface area contributed by atoms with E-state index >= 15 is 0 Å². The van der Waals surface area contributed by atoms with Gasteiger partial charge in [0.05, 0.1) is 12.7 Å². The minimum absolute atomic E-state index is 0.223. The molecule has 0 spiro atoms. The Balaban J connectivity index is 1.96. The van der Waals surface area contributed by atoms with Crippen molar-refractivity contribution in [1.29, 1.82) is 0 Å². The number of ether oxygens (including phenoxy) is 1. The summed E-state index contributed by atoms with van der Waals surface area (Å²) in [5.74, 6) is -1.49. The zero-order valence-corrected chi connectivity index (χ0v) is 11.4. The van der Waals surface area contributed by atoms with Crippen LogP contribution in [0.3, 0.4) is 0 Å². The molecule has 1 N–H and O–H groups in total. The first-order valence-corrected chi connectivity index (χ1v) is 6.01. The summed E-state index contributed by atoms with van der Waals surface area (Å²) in [5, 5.41) is 16.5. The van der Waals surface area contributed by atoms with Crippen molar-refractivity contribution >= 4 is 23.5 Å². The van der Waals surface area contributed by atoms with Gasteiger partial charge in [0.1, 0.15) is 6.54 Å². The van der Waals surface area contributed by atoms with Gasteiger partial charge < -0.3 is 20.2 Å². The summed E-state index contributed by atoms with van der Waals surface area (Å²) in [5.41, 5.74) is 0.819. The maximum Gasteiger partial charge on any atom is 0.490 e. The largest absolute Gasteiger partial charge is 0.490 e. The number of methoxy groups -OCH3 is 1. The van der Waals surface area contributed by atoms with Gasteiger partial charge in [-0.15, -0.1) is 0 Å². The number of benzene rings is 1. The molecule has 2 rings (SSSR count). The lowest BCUT2D eigenvalue weighted by molar-refractivity contribution is -0.394. The molecule has 0 unspecified atom stereocenters. The highest BCUT2D eigenvalue weighted by atomic mass is 16.6. The quantitative estimate of drug-likeness (QED) is 0.486. The first kappa shape index (κ1) is 15.1. The average molecular weight is 305 g/mol. The fraction of sp³-hybridized carbons (Fsp3) is 0.167. The summed E-state index contributed by atoms with van der Waals surface area (Å²) in [7, 11) is 1.27. The van der Waals surface area contributed by atoms with E-state index in [1.807, 2.05) is 0 Å². The van der Waals surface area contributed by atoms with Crippen LogP contribution in [-0.4, -0.2) is 38.7 Å². The maximum atomic E-state index is 11.8. The zero-order valence-electron chi connectivity index (χ0n) is 11.4. The van der Waals surface area contributed by atoms with E-state index in [1.54, 1.807) is 0 Å². The van der Waals surface area contributed by atoms with Gasteiger partial charge in [0.2, 0.25) is 12.2 Å². The summed E-state index contributed by atoms with van der Waals surface area (Å²) in [6, 6.07) is 6.07. The van der Waals surface area contributed by atoms with Crippen LogP contribution in [0.2, 0.25) is 0 Å². The summed E-state index contributed by atoms with van der Waals surface area (Å²) in [6.45, 7) is -0.223. The Labute approximate surface area is 123 Å². The summed E-state index contributed by atoms with van der Waals surface area (Å²) >= 11 is 0. The second kappa shape index (κ2) is 6.43. The second-order valence-electron chi connectivity index (χ2n) is 4.12. The van der Waals surface area contributed by atoms with Gasteiger partial charge in [-0.2, -0.15) is 4.68 Å². The summed E-state index contributed by atoms with van der Waals surface area (Å²) < 4.78 is 5.61. The fourth-order valence-corrected chi connectivity index (χ4v) is 1.60. The number of esters is 1. The molecule has 1 aromatic carbocycles. The predicted octanol–water partition coefficient (Wildman–Crippen LogP) is 0.612. The number of nitrogens with one attached hydrogen (secondary N) is 1. The molecular formula is C12H11N5O5. The number of carbonyl (C=O) groups is 2. The maximum absolute atomic E-state index is 11.8. The fourth-order valence-electron chi connectivity index (χ4n) is 1.60. The van der Waals surface area contributed by atoms with E-state index in [1.165, 1.54) is 31.4 Å². The Morgan fingerprint density at radius 1 is 1.36 bits per heavy atom. The predicted molar refractivity (Wildman–Crippen MR) is 73.1 cm³/mol. The Hall–Kier alpha value is -3.30. The van der Waals surface area contributed by atoms with Crippen molar-refractivity contribution in [3.05, 3.63) is 46.3 Å². The first-order chi connectivity index (χ1) is 10.5. The van der Waals surface area contributed by atoms with Gasteiger partial charge in [-0.25, -0.2) is 4.79 Å². The number of hydrogen-bond acceptors (Lipinski definition) is 7. The molecule has 22 heavy (non-hydrogen) atoms. The molecule has 1 amide bonds. The molecule has 0 bridgehead atoms. The highest BCUT2D eigenvalue weighted by molar-refractivity contribution is 5.92. The van der Waals surface area contributed by atoms with Crippen molar-refractivity contribution in [2.75, 3.05) is 12.4 Å². The molecule has 0 atom stereocenters. The van der Waals surface area contributed by atoms with E-state index in [0.717, 1.165) is 11.0 Å². The van der Waals surface area contributed by atoms with Crippen LogP contribution in [0.15, 0.2) is 30.6 Å². The van der Waals surface area contributed by atoms with Crippen LogP contribution in [0.4, 0.5) is 11.6 Å². The normalized spacial score (nSPS) is 10.0. The van der Waals surface area contributed by atoms with Crippen molar-refractivity contribution in [1.82, 2.24) is 14.8 Å². The molecular weight excluding hydrogens is 294 g/mol. The third-order valence-electron chi connectivity index (χ3n) is 2.58. The molecule has 10 nitrogen and oxygen atoms in total. The molecule has 0 fully saturated rings. The number of rotatable bonds is 5. The number of nitro groups is 1. The molecule has 114 valence electrons. The smallest absolute Gasteiger partial charge is 0.465 e. The molecule has 1 aromatic heterocycles. The number of nitrogens with zero attached hydrogens (tertiary/aromatic N) is 4. The highest BCUT2D eigenvalue weighted by Crippen LogP contribution is 2.10. The van der Waals surface area contributed by atoms with Gasteiger partial charge in [-0.05, 0) is 29.2 Å². The summed E-state index contributed by atoms with van der Waals surface area (Å²) in [4.78, 5) is 36.2. The van der Waals surface area contributed by atoms with Gasteiger partial charge in [-0.3, -0.25) is 4.79 Å². The number of hydrogen-bond donors (Lipinski definition) is 1. The second-order valence-corrected chi connectivity index (χ2v) is 4.12. The number of carbonyl (C=O) groups excluding carboxylic acids is 2. The van der Waals surface area contributed by atoms with E-state index < -0.39 is 22.7 Å². The Morgan fingerprint density at radius 3 is 2.59 bits per heavy atom. The first-order valence-electron chi connectivity index (χ1n) is 6.01. The Morgan fingerprint density at radius 2 is 2.05 bits per heavy atom. The van der Waals surface area contributed by atoms with Crippen LogP contribution in [-0.2, 0) is 16.1 Å². The van der Waals surface area contributed by atoms with E-state index in [9.17, 15) is 19.7 Å². The average Bonchev–Trinajstić information content (AvgIpc) is 2.95. The van der Waals surface area contributed by atoms with E-state index in [4.69, 9.17) is 0 Å². The SMILES string of the molecule is COC(=O)c1ccc(NC(=O)Cn2cnc([N+](=O)[O-])n2)cc1. The minimum atomic E-state index is -0.750. The van der Waals surface area contributed by atoms with Crippen molar-refractivity contribution in [3.8, 4) is 0 Å². The molecule has 1 heterocycles. The molecule has 0 aliphatic heterocycles. The topological polar surface area (TPSA) is 129 Å². The van der Waals surface area contributed by atoms with Crippen molar-refractivity contribution < 1.29 is 19.2 Å². The lowest BCUT2D eigenvalue weighted by Crippen LogP contribution is -2.19. The molecule has 10 heteroatoms. The van der Waals surface area contributed by atoms with Gasteiger partial charge >= 0.3 is 11.9 Å². The molecule has 0 aliphatic carbocycles. The van der Waals surface area contributed by atoms with Gasteiger partial charge in [0.25, 0.3) is 0 Å². The van der Waals surface area contributed by atoms with E-state index in [-0.39, 0.29) is 6.54 Å². The van der Waals surface area contributed by atoms with Crippen LogP contribution in [0.25, 0.3) is 0 Å². The van der Waals surface area contributed by atoms with Crippen LogP contribution >= 0.6 is 0 Å². The Kier molecular flexibility index (Phi) is 4.41. The van der Waals surface area contributed by atoms with Crippen LogP contribution in [0, 0.1) is 10.1 Å². The van der Waals surface area contributed by atoms with E-state index in [0.29, 0.717) is 11.3 Å². The van der Waals surface area contributed by atoms with Crippen LogP contribution in [0.1, 0.15) is 10.4 Å². The Bertz CT molecular complexity index is 709. The van der Waals surface area contributed by atoms with Gasteiger partial charge in [-0.1, -0.05) is 4.98 Å². The monoisotopic (exact) mass is 305 g/mol. The van der Waals surface area contributed by atoms with E-state index in [2.05, 4.69) is 20.1 Å². The van der Waals surface area contributed by atoms with Crippen LogP contribution in [0.5, 0.6) is 0 Å². The van der Waals surface area contributed by atoms with Crippen molar-refractivity contribution in [2.45, 2.75) is 6.54 Å². The number of amides is 1. The third kappa shape index (κ3) is 3.62. The number of aromatic nitrogens is 3. The van der Waals surface area contributed by atoms with Crippen molar-refractivity contribution in [2.24, 2.45) is 0 Å². The molecule has 0 aliphatic rings. The molecule has 0 saturated heterocycles.